The minimum atomic E-state index is -0.494. The summed E-state index contributed by atoms with van der Waals surface area (Å²) in [5, 5.41) is 2.73. The van der Waals surface area contributed by atoms with Crippen LogP contribution in [-0.2, 0) is 6.42 Å². The van der Waals surface area contributed by atoms with Crippen LogP contribution in [0.25, 0.3) is 11.1 Å². The van der Waals surface area contributed by atoms with Crippen molar-refractivity contribution in [1.29, 1.82) is 0 Å². The number of aromatic nitrogens is 1. The van der Waals surface area contributed by atoms with Crippen LogP contribution in [0.1, 0.15) is 11.1 Å². The number of fused-ring (bicyclic) bond motifs is 4. The molecule has 0 unspecified atom stereocenters. The lowest BCUT2D eigenvalue weighted by Gasteiger charge is -2.21. The van der Waals surface area contributed by atoms with Gasteiger partial charge in [0.2, 0.25) is 5.88 Å². The zero-order chi connectivity index (χ0) is 18.5. The summed E-state index contributed by atoms with van der Waals surface area (Å²) in [5.74, 6) is 3.61. The van der Waals surface area contributed by atoms with E-state index in [1.54, 1.807) is 6.20 Å². The second kappa shape index (κ2) is 6.07. The molecular formula is C24H17NO2Si. The first-order valence-corrected chi connectivity index (χ1v) is 10.9. The van der Waals surface area contributed by atoms with Gasteiger partial charge in [-0.2, -0.15) is 0 Å². The van der Waals surface area contributed by atoms with Crippen LogP contribution < -0.4 is 19.8 Å². The maximum absolute atomic E-state index is 6.19. The Morgan fingerprint density at radius 2 is 1.50 bits per heavy atom. The predicted octanol–water partition coefficient (Wildman–Crippen LogP) is 3.67. The lowest BCUT2D eigenvalue weighted by molar-refractivity contribution is 0.441. The van der Waals surface area contributed by atoms with Crippen molar-refractivity contribution in [2.24, 2.45) is 0 Å². The molecule has 0 fully saturated rings. The normalized spacial score (nSPS) is 14.1. The van der Waals surface area contributed by atoms with E-state index in [9.17, 15) is 0 Å². The molecule has 2 aliphatic heterocycles. The fourth-order valence-electron chi connectivity index (χ4n) is 3.98. The zero-order valence-electron chi connectivity index (χ0n) is 15.2. The van der Waals surface area contributed by atoms with E-state index in [4.69, 9.17) is 9.47 Å². The summed E-state index contributed by atoms with van der Waals surface area (Å²) in [6, 6.07) is 25.4. The Morgan fingerprint density at radius 3 is 2.46 bits per heavy atom. The molecular weight excluding hydrogens is 362 g/mol. The summed E-state index contributed by atoms with van der Waals surface area (Å²) in [6.45, 7) is 0. The van der Waals surface area contributed by atoms with Gasteiger partial charge in [0.15, 0.2) is 0 Å². The van der Waals surface area contributed by atoms with Gasteiger partial charge in [0.1, 0.15) is 17.2 Å². The van der Waals surface area contributed by atoms with E-state index in [0.717, 1.165) is 40.4 Å². The van der Waals surface area contributed by atoms with E-state index in [1.165, 1.54) is 15.9 Å². The van der Waals surface area contributed by atoms with Crippen LogP contribution >= 0.6 is 0 Å². The Balaban J connectivity index is 1.36. The second-order valence-corrected chi connectivity index (χ2v) is 9.16. The summed E-state index contributed by atoms with van der Waals surface area (Å²) in [4.78, 5) is 4.36. The molecule has 0 N–H and O–H groups in total. The molecule has 1 aromatic heterocycles. The van der Waals surface area contributed by atoms with E-state index in [2.05, 4.69) is 65.6 Å². The molecule has 28 heavy (non-hydrogen) atoms. The molecule has 0 aliphatic carbocycles. The van der Waals surface area contributed by atoms with Gasteiger partial charge in [-0.05, 0) is 51.3 Å². The largest absolute Gasteiger partial charge is 0.458 e. The summed E-state index contributed by atoms with van der Waals surface area (Å²) in [7, 11) is -0.494. The van der Waals surface area contributed by atoms with Crippen LogP contribution in [-0.4, -0.2) is 14.5 Å². The minimum absolute atomic E-state index is 0.494. The first-order chi connectivity index (χ1) is 13.8. The zero-order valence-corrected chi connectivity index (χ0v) is 16.6. The first kappa shape index (κ1) is 15.7. The van der Waals surface area contributed by atoms with Crippen LogP contribution in [0.15, 0.2) is 79.0 Å². The van der Waals surface area contributed by atoms with Gasteiger partial charge in [-0.15, -0.1) is 0 Å². The molecule has 0 atom stereocenters. The SMILES string of the molecule is c1cnc2c(c1)Cc1ccc(-c3ccc4c(c3)Oc3ccccc3[SiH2]4)cc1O2. The van der Waals surface area contributed by atoms with Crippen LogP contribution in [0.5, 0.6) is 23.1 Å². The van der Waals surface area contributed by atoms with Crippen LogP contribution in [0, 0.1) is 0 Å². The molecule has 134 valence electrons. The van der Waals surface area contributed by atoms with E-state index in [-0.39, 0.29) is 0 Å². The van der Waals surface area contributed by atoms with E-state index < -0.39 is 9.52 Å². The number of nitrogens with zero attached hydrogens (tertiary/aromatic N) is 1. The van der Waals surface area contributed by atoms with Gasteiger partial charge in [0.05, 0.1) is 9.52 Å². The maximum atomic E-state index is 6.19. The van der Waals surface area contributed by atoms with Crippen LogP contribution in [0.2, 0.25) is 0 Å². The van der Waals surface area contributed by atoms with Gasteiger partial charge in [0, 0.05) is 18.2 Å². The van der Waals surface area contributed by atoms with Crippen molar-refractivity contribution < 1.29 is 9.47 Å². The van der Waals surface area contributed by atoms with Gasteiger partial charge in [-0.1, -0.05) is 48.5 Å². The molecule has 3 aromatic carbocycles. The van der Waals surface area contributed by atoms with Gasteiger partial charge in [-0.25, -0.2) is 4.98 Å². The van der Waals surface area contributed by atoms with Gasteiger partial charge in [-0.3, -0.25) is 0 Å². The lowest BCUT2D eigenvalue weighted by atomic mass is 9.98. The Morgan fingerprint density at radius 1 is 0.679 bits per heavy atom. The Bertz CT molecular complexity index is 1140. The average molecular weight is 379 g/mol. The molecule has 3 nitrogen and oxygen atoms in total. The standard InChI is InChI=1S/C24H17NO2Si/c1-2-6-22-19(5-1)26-21-14-16(9-10-23(21)28-22)15-7-8-17-12-18-4-3-11-25-24(18)27-20(17)13-15/h1-11,13-14H,12,28H2. The summed E-state index contributed by atoms with van der Waals surface area (Å²) < 4.78 is 12.3. The summed E-state index contributed by atoms with van der Waals surface area (Å²) in [6.07, 6.45) is 2.63. The third-order valence-electron chi connectivity index (χ3n) is 5.48. The lowest BCUT2D eigenvalue weighted by Crippen LogP contribution is -2.33. The van der Waals surface area contributed by atoms with Crippen molar-refractivity contribution in [1.82, 2.24) is 4.98 Å². The number of hydrogen-bond donors (Lipinski definition) is 0. The highest BCUT2D eigenvalue weighted by atomic mass is 28.2. The smallest absolute Gasteiger partial charge is 0.222 e. The molecule has 4 heteroatoms. The van der Waals surface area contributed by atoms with Crippen LogP contribution in [0.4, 0.5) is 0 Å². The average Bonchev–Trinajstić information content (AvgIpc) is 2.75. The van der Waals surface area contributed by atoms with Crippen molar-refractivity contribution in [2.45, 2.75) is 6.42 Å². The molecule has 0 radical (unpaired) electrons. The third kappa shape index (κ3) is 2.53. The molecule has 2 aliphatic rings. The van der Waals surface area contributed by atoms with Gasteiger partial charge >= 0.3 is 0 Å². The molecule has 0 saturated carbocycles. The van der Waals surface area contributed by atoms with Gasteiger partial charge < -0.3 is 9.47 Å². The van der Waals surface area contributed by atoms with E-state index >= 15 is 0 Å². The minimum Gasteiger partial charge on any atom is -0.458 e. The maximum Gasteiger partial charge on any atom is 0.222 e. The number of pyridine rings is 1. The topological polar surface area (TPSA) is 31.4 Å². The Kier molecular flexibility index (Phi) is 3.40. The number of para-hydroxylation sites is 1. The molecule has 0 amide bonds. The van der Waals surface area contributed by atoms with E-state index in [1.807, 2.05) is 12.1 Å². The molecule has 0 spiro atoms. The Hall–Kier alpha value is -3.37. The monoisotopic (exact) mass is 379 g/mol. The predicted molar refractivity (Wildman–Crippen MR) is 113 cm³/mol. The molecule has 4 aromatic rings. The fourth-order valence-corrected chi connectivity index (χ4v) is 5.60. The van der Waals surface area contributed by atoms with Gasteiger partial charge in [0.25, 0.3) is 0 Å². The van der Waals surface area contributed by atoms with Crippen molar-refractivity contribution in [3.8, 4) is 34.3 Å². The summed E-state index contributed by atoms with van der Waals surface area (Å²) in [5.41, 5.74) is 4.60. The second-order valence-electron chi connectivity index (χ2n) is 7.28. The third-order valence-corrected chi connectivity index (χ3v) is 7.41. The Labute approximate surface area is 165 Å². The first-order valence-electron chi connectivity index (χ1n) is 9.47. The molecule has 3 heterocycles. The highest BCUT2D eigenvalue weighted by Gasteiger charge is 2.20. The highest BCUT2D eigenvalue weighted by molar-refractivity contribution is 6.69. The molecule has 0 saturated heterocycles. The quantitative estimate of drug-likeness (QED) is 0.409. The summed E-state index contributed by atoms with van der Waals surface area (Å²) >= 11 is 0. The number of benzene rings is 3. The number of ether oxygens (including phenoxy) is 2. The van der Waals surface area contributed by atoms with Crippen molar-refractivity contribution >= 4 is 19.9 Å². The fraction of sp³-hybridized carbons (Fsp3) is 0.0417. The van der Waals surface area contributed by atoms with Crippen molar-refractivity contribution in [3.63, 3.8) is 0 Å². The van der Waals surface area contributed by atoms with E-state index in [0.29, 0.717) is 5.88 Å². The number of rotatable bonds is 1. The van der Waals surface area contributed by atoms with Crippen molar-refractivity contribution in [3.05, 3.63) is 90.1 Å². The molecule has 6 rings (SSSR count). The van der Waals surface area contributed by atoms with Crippen LogP contribution in [0.3, 0.4) is 0 Å². The van der Waals surface area contributed by atoms with Crippen molar-refractivity contribution in [2.75, 3.05) is 0 Å². The number of hydrogen-bond acceptors (Lipinski definition) is 3. The highest BCUT2D eigenvalue weighted by Crippen LogP contribution is 2.38. The molecule has 0 bridgehead atoms.